The van der Waals surface area contributed by atoms with E-state index in [1.54, 1.807) is 0 Å². The maximum atomic E-state index is 12.3. The fourth-order valence-corrected chi connectivity index (χ4v) is 3.57. The second-order valence-corrected chi connectivity index (χ2v) is 6.37. The molecule has 11 nitrogen and oxygen atoms in total. The average Bonchev–Trinajstić information content (AvgIpc) is 3.05. The van der Waals surface area contributed by atoms with Crippen LogP contribution in [0.4, 0.5) is 5.95 Å². The lowest BCUT2D eigenvalue weighted by Gasteiger charge is -2.19. The van der Waals surface area contributed by atoms with E-state index in [0.29, 0.717) is 17.9 Å². The number of aromatic amines is 1. The number of hydrogen-bond acceptors (Lipinski definition) is 10. The van der Waals surface area contributed by atoms with Crippen LogP contribution in [0.15, 0.2) is 9.59 Å². The zero-order chi connectivity index (χ0) is 18.1. The summed E-state index contributed by atoms with van der Waals surface area (Å²) in [6, 6.07) is 0. The maximum Gasteiger partial charge on any atom is 0.311 e. The predicted octanol–water partition coefficient (Wildman–Crippen LogP) is -1.99. The van der Waals surface area contributed by atoms with Crippen LogP contribution >= 0.6 is 11.3 Å². The molecule has 2 aromatic heterocycles. The van der Waals surface area contributed by atoms with Crippen molar-refractivity contribution in [2.75, 3.05) is 32.7 Å². The molecule has 0 spiro atoms. The number of aliphatic hydroxyl groups is 2. The fraction of sp³-hybridized carbons (Fsp3) is 0.615. The van der Waals surface area contributed by atoms with Crippen molar-refractivity contribution < 1.29 is 24.4 Å². The highest BCUT2D eigenvalue weighted by Crippen LogP contribution is 2.32. The van der Waals surface area contributed by atoms with Crippen LogP contribution in [-0.4, -0.2) is 70.0 Å². The van der Waals surface area contributed by atoms with Crippen molar-refractivity contribution >= 4 is 27.6 Å². The van der Waals surface area contributed by atoms with Crippen LogP contribution < -0.4 is 16.2 Å². The molecule has 3 rings (SSSR count). The number of fused-ring (bicyclic) bond motifs is 1. The van der Waals surface area contributed by atoms with Crippen molar-refractivity contribution in [1.82, 2.24) is 14.5 Å². The molecule has 1 fully saturated rings. The molecule has 25 heavy (non-hydrogen) atoms. The van der Waals surface area contributed by atoms with Gasteiger partial charge in [-0.25, -0.2) is 0 Å². The van der Waals surface area contributed by atoms with Gasteiger partial charge in [0.15, 0.2) is 11.9 Å². The molecule has 4 atom stereocenters. The molecule has 1 aliphatic rings. The number of H-pyrrole nitrogens is 1. The van der Waals surface area contributed by atoms with Crippen molar-refractivity contribution in [1.29, 1.82) is 0 Å². The summed E-state index contributed by atoms with van der Waals surface area (Å²) in [4.78, 5) is 30.0. The Hall–Kier alpha value is -1.83. The molecular weight excluding hydrogens is 356 g/mol. The van der Waals surface area contributed by atoms with E-state index in [2.05, 4.69) is 9.97 Å². The largest absolute Gasteiger partial charge is 0.394 e. The number of aromatic nitrogens is 3. The molecule has 12 heteroatoms. The zero-order valence-electron chi connectivity index (χ0n) is 13.2. The van der Waals surface area contributed by atoms with Gasteiger partial charge in [-0.05, 0) is 0 Å². The molecule has 0 radical (unpaired) electrons. The summed E-state index contributed by atoms with van der Waals surface area (Å²) in [5.74, 6) is -0.164. The first-order chi connectivity index (χ1) is 12.0. The number of rotatable bonds is 6. The van der Waals surface area contributed by atoms with Gasteiger partial charge >= 0.3 is 4.87 Å². The lowest BCUT2D eigenvalue weighted by molar-refractivity contribution is -0.0679. The van der Waals surface area contributed by atoms with Gasteiger partial charge in [-0.1, -0.05) is 11.3 Å². The van der Waals surface area contributed by atoms with E-state index in [9.17, 15) is 19.8 Å². The van der Waals surface area contributed by atoms with Crippen molar-refractivity contribution in [3.63, 3.8) is 0 Å². The normalized spacial score (nSPS) is 26.5. The molecule has 3 heterocycles. The highest BCUT2D eigenvalue weighted by molar-refractivity contribution is 7.16. The second kappa shape index (κ2) is 7.19. The van der Waals surface area contributed by atoms with E-state index >= 15 is 0 Å². The standard InChI is InChI=1S/C13H18N4O7S/c1-22-2-3-23-7-5(4-18)24-11(6(7)19)17-9-8(25-13(17)21)10(20)16-12(14)15-9/h5-7,11,18-19H,2-4H2,1H3,(H3,14,15,16,20)/t5-,6-,7+,11-/m1/s1. The first kappa shape index (κ1) is 18.0. The van der Waals surface area contributed by atoms with Crippen LogP contribution in [0.25, 0.3) is 10.3 Å². The first-order valence-electron chi connectivity index (χ1n) is 7.43. The van der Waals surface area contributed by atoms with Gasteiger partial charge in [0.1, 0.15) is 23.0 Å². The highest BCUT2D eigenvalue weighted by atomic mass is 32.1. The van der Waals surface area contributed by atoms with Crippen LogP contribution in [0.3, 0.4) is 0 Å². The lowest BCUT2D eigenvalue weighted by atomic mass is 10.1. The van der Waals surface area contributed by atoms with Crippen LogP contribution in [0.5, 0.6) is 0 Å². The van der Waals surface area contributed by atoms with E-state index in [0.717, 1.165) is 4.57 Å². The molecule has 0 saturated carbocycles. The van der Waals surface area contributed by atoms with Crippen molar-refractivity contribution in [2.45, 2.75) is 24.5 Å². The van der Waals surface area contributed by atoms with E-state index in [4.69, 9.17) is 19.9 Å². The predicted molar refractivity (Wildman–Crippen MR) is 87.5 cm³/mol. The van der Waals surface area contributed by atoms with Gasteiger partial charge in [-0.3, -0.25) is 19.1 Å². The second-order valence-electron chi connectivity index (χ2n) is 5.41. The molecule has 0 aliphatic carbocycles. The minimum absolute atomic E-state index is 0.00883. The van der Waals surface area contributed by atoms with Gasteiger partial charge in [0.05, 0.1) is 19.8 Å². The van der Waals surface area contributed by atoms with Crippen molar-refractivity contribution in [3.05, 3.63) is 20.0 Å². The van der Waals surface area contributed by atoms with Gasteiger partial charge < -0.3 is 30.2 Å². The number of nitrogens with two attached hydrogens (primary N) is 1. The highest BCUT2D eigenvalue weighted by Gasteiger charge is 2.46. The number of anilines is 1. The van der Waals surface area contributed by atoms with Crippen LogP contribution in [0, 0.1) is 0 Å². The van der Waals surface area contributed by atoms with Crippen LogP contribution in [0.2, 0.25) is 0 Å². The lowest BCUT2D eigenvalue weighted by Crippen LogP contribution is -2.37. The van der Waals surface area contributed by atoms with Crippen LogP contribution in [-0.2, 0) is 14.2 Å². The first-order valence-corrected chi connectivity index (χ1v) is 8.25. The summed E-state index contributed by atoms with van der Waals surface area (Å²) in [7, 11) is 1.50. The number of ether oxygens (including phenoxy) is 3. The maximum absolute atomic E-state index is 12.3. The Bertz CT molecular complexity index is 862. The monoisotopic (exact) mass is 374 g/mol. The smallest absolute Gasteiger partial charge is 0.311 e. The third-order valence-corrected chi connectivity index (χ3v) is 4.78. The fourth-order valence-electron chi connectivity index (χ4n) is 2.72. The average molecular weight is 374 g/mol. The third-order valence-electron chi connectivity index (χ3n) is 3.83. The molecule has 0 bridgehead atoms. The van der Waals surface area contributed by atoms with E-state index in [-0.39, 0.29) is 22.9 Å². The quantitative estimate of drug-likeness (QED) is 0.419. The third kappa shape index (κ3) is 3.19. The molecule has 5 N–H and O–H groups in total. The number of thiazole rings is 1. The summed E-state index contributed by atoms with van der Waals surface area (Å²) in [6.45, 7) is 0.0496. The Labute approximate surface area is 144 Å². The molecule has 0 unspecified atom stereocenters. The van der Waals surface area contributed by atoms with Gasteiger partial charge in [0.2, 0.25) is 5.95 Å². The Morgan fingerprint density at radius 2 is 2.20 bits per heavy atom. The summed E-state index contributed by atoms with van der Waals surface area (Å²) < 4.78 is 17.1. The van der Waals surface area contributed by atoms with Crippen molar-refractivity contribution in [2.24, 2.45) is 0 Å². The van der Waals surface area contributed by atoms with Gasteiger partial charge in [-0.2, -0.15) is 4.98 Å². The van der Waals surface area contributed by atoms with Crippen molar-refractivity contribution in [3.8, 4) is 0 Å². The van der Waals surface area contributed by atoms with Crippen LogP contribution in [0.1, 0.15) is 6.23 Å². The Kier molecular flexibility index (Phi) is 5.17. The Balaban J connectivity index is 1.99. The SMILES string of the molecule is COCCO[C@@H]1[C@@H](O)[C@H](n2c(=O)sc3c(=O)[nH]c(N)nc32)O[C@@H]1CO. The van der Waals surface area contributed by atoms with E-state index < -0.39 is 41.6 Å². The topological polar surface area (TPSA) is 162 Å². The minimum Gasteiger partial charge on any atom is -0.394 e. The number of methoxy groups -OCH3 is 1. The van der Waals surface area contributed by atoms with Gasteiger partial charge in [0.25, 0.3) is 5.56 Å². The Morgan fingerprint density at radius 3 is 2.88 bits per heavy atom. The Morgan fingerprint density at radius 1 is 1.44 bits per heavy atom. The zero-order valence-corrected chi connectivity index (χ0v) is 14.1. The summed E-state index contributed by atoms with van der Waals surface area (Å²) in [6.07, 6.45) is -4.14. The van der Waals surface area contributed by atoms with Gasteiger partial charge in [0, 0.05) is 7.11 Å². The molecular formula is C13H18N4O7S. The molecule has 1 aliphatic heterocycles. The molecule has 1 saturated heterocycles. The summed E-state index contributed by atoms with van der Waals surface area (Å²) in [5, 5.41) is 20.0. The van der Waals surface area contributed by atoms with E-state index in [1.807, 2.05) is 0 Å². The minimum atomic E-state index is -1.26. The molecule has 138 valence electrons. The molecule has 2 aromatic rings. The molecule has 0 amide bonds. The number of nitrogens with zero attached hydrogens (tertiary/aromatic N) is 2. The summed E-state index contributed by atoms with van der Waals surface area (Å²) >= 11 is 0.666. The number of nitrogens with one attached hydrogen (secondary N) is 1. The summed E-state index contributed by atoms with van der Waals surface area (Å²) in [5.41, 5.74) is 4.99. The van der Waals surface area contributed by atoms with Gasteiger partial charge in [-0.15, -0.1) is 0 Å². The number of nitrogen functional groups attached to an aromatic ring is 1. The van der Waals surface area contributed by atoms with E-state index in [1.165, 1.54) is 7.11 Å². The molecule has 0 aromatic carbocycles. The number of hydrogen-bond donors (Lipinski definition) is 4. The number of aliphatic hydroxyl groups excluding tert-OH is 2.